The highest BCUT2D eigenvalue weighted by molar-refractivity contribution is 7.09. The maximum atomic E-state index is 13.3. The summed E-state index contributed by atoms with van der Waals surface area (Å²) >= 11 is 1.47. The number of nitrogens with one attached hydrogen (secondary N) is 3. The van der Waals surface area contributed by atoms with Crippen LogP contribution in [0.15, 0.2) is 29.8 Å². The Morgan fingerprint density at radius 1 is 1.09 bits per heavy atom. The summed E-state index contributed by atoms with van der Waals surface area (Å²) in [4.78, 5) is 31.2. The number of hydrogen-bond acceptors (Lipinski definition) is 5. The normalized spacial score (nSPS) is 15.2. The molecule has 1 aliphatic carbocycles. The molecule has 4 rings (SSSR count). The summed E-state index contributed by atoms with van der Waals surface area (Å²) in [5.41, 5.74) is 7.43. The molecule has 0 bridgehead atoms. The Labute approximate surface area is 198 Å². The lowest BCUT2D eigenvalue weighted by Crippen LogP contribution is -2.49. The lowest BCUT2D eigenvalue weighted by molar-refractivity contribution is -0.127. The van der Waals surface area contributed by atoms with E-state index in [9.17, 15) is 9.59 Å². The van der Waals surface area contributed by atoms with Gasteiger partial charge in [0.05, 0.1) is 23.3 Å². The van der Waals surface area contributed by atoms with Gasteiger partial charge in [-0.15, -0.1) is 11.3 Å². The number of aryl methyl sites for hydroxylation is 3. The van der Waals surface area contributed by atoms with E-state index in [0.717, 1.165) is 64.5 Å². The van der Waals surface area contributed by atoms with Crippen LogP contribution in [-0.4, -0.2) is 33.0 Å². The number of nitrogens with zero attached hydrogens (tertiary/aromatic N) is 2. The zero-order chi connectivity index (χ0) is 23.4. The number of amides is 2. The molecule has 3 aromatic rings. The molecule has 1 aliphatic rings. The topological polar surface area (TPSA) is 99.8 Å². The highest BCUT2D eigenvalue weighted by Crippen LogP contribution is 2.29. The highest BCUT2D eigenvalue weighted by atomic mass is 32.1. The van der Waals surface area contributed by atoms with E-state index in [4.69, 9.17) is 0 Å². The minimum Gasteiger partial charge on any atom is -0.344 e. The lowest BCUT2D eigenvalue weighted by Gasteiger charge is -2.30. The number of rotatable bonds is 7. The molecule has 1 fully saturated rings. The summed E-state index contributed by atoms with van der Waals surface area (Å²) in [7, 11) is 0. The highest BCUT2D eigenvalue weighted by Gasteiger charge is 2.31. The second-order valence-corrected chi connectivity index (χ2v) is 9.80. The van der Waals surface area contributed by atoms with E-state index in [0.29, 0.717) is 0 Å². The fourth-order valence-electron chi connectivity index (χ4n) is 4.65. The second-order valence-electron chi connectivity index (χ2n) is 8.86. The number of H-pyrrole nitrogens is 1. The summed E-state index contributed by atoms with van der Waals surface area (Å²) < 4.78 is 0. The van der Waals surface area contributed by atoms with E-state index in [1.54, 1.807) is 5.51 Å². The van der Waals surface area contributed by atoms with Crippen molar-refractivity contribution in [1.82, 2.24) is 20.5 Å². The SMILES string of the molecule is Cc1ncsc1CC(=O)N[C@H](C(=O)Nc1ccc(-c2c(C)n[nH]c2C)cc1)C1CCCCC1. The van der Waals surface area contributed by atoms with Crippen LogP contribution in [0.5, 0.6) is 0 Å². The third-order valence-corrected chi connectivity index (χ3v) is 7.39. The molecule has 0 unspecified atom stereocenters. The van der Waals surface area contributed by atoms with Crippen molar-refractivity contribution < 1.29 is 9.59 Å². The molecule has 2 amide bonds. The van der Waals surface area contributed by atoms with E-state index in [2.05, 4.69) is 25.8 Å². The molecule has 2 aromatic heterocycles. The summed E-state index contributed by atoms with van der Waals surface area (Å²) in [5.74, 6) is -0.130. The Balaban J connectivity index is 1.46. The molecule has 33 heavy (non-hydrogen) atoms. The quantitative estimate of drug-likeness (QED) is 0.471. The molecular formula is C25H31N5O2S. The van der Waals surface area contributed by atoms with E-state index in [-0.39, 0.29) is 24.2 Å². The van der Waals surface area contributed by atoms with Gasteiger partial charge in [-0.05, 0) is 57.2 Å². The summed E-state index contributed by atoms with van der Waals surface area (Å²) in [6.45, 7) is 5.87. The van der Waals surface area contributed by atoms with E-state index < -0.39 is 6.04 Å². The molecule has 7 nitrogen and oxygen atoms in total. The predicted molar refractivity (Wildman–Crippen MR) is 131 cm³/mol. The van der Waals surface area contributed by atoms with Gasteiger partial charge in [-0.1, -0.05) is 31.4 Å². The Morgan fingerprint density at radius 2 is 1.82 bits per heavy atom. The molecule has 0 aliphatic heterocycles. The molecule has 0 saturated heterocycles. The minimum atomic E-state index is -0.538. The number of carbonyl (C=O) groups is 2. The molecule has 0 radical (unpaired) electrons. The maximum absolute atomic E-state index is 13.3. The number of benzene rings is 1. The number of hydrogen-bond donors (Lipinski definition) is 3. The van der Waals surface area contributed by atoms with Gasteiger partial charge in [-0.25, -0.2) is 4.98 Å². The maximum Gasteiger partial charge on any atom is 0.247 e. The second kappa shape index (κ2) is 10.3. The summed E-state index contributed by atoms with van der Waals surface area (Å²) in [6.07, 6.45) is 5.54. The Hall–Kier alpha value is -3.00. The van der Waals surface area contributed by atoms with Crippen LogP contribution in [-0.2, 0) is 16.0 Å². The first-order chi connectivity index (χ1) is 15.9. The van der Waals surface area contributed by atoms with Gasteiger partial charge < -0.3 is 10.6 Å². The van der Waals surface area contributed by atoms with Crippen molar-refractivity contribution in [2.24, 2.45) is 5.92 Å². The van der Waals surface area contributed by atoms with Gasteiger partial charge in [-0.2, -0.15) is 5.10 Å². The summed E-state index contributed by atoms with van der Waals surface area (Å²) in [6, 6.07) is 7.24. The Bertz CT molecular complexity index is 1090. The van der Waals surface area contributed by atoms with Crippen molar-refractivity contribution in [2.45, 2.75) is 65.3 Å². The monoisotopic (exact) mass is 465 g/mol. The van der Waals surface area contributed by atoms with Gasteiger partial charge in [0.1, 0.15) is 6.04 Å². The molecule has 1 saturated carbocycles. The number of aromatic nitrogens is 3. The number of anilines is 1. The van der Waals surface area contributed by atoms with Crippen molar-refractivity contribution >= 4 is 28.8 Å². The van der Waals surface area contributed by atoms with Gasteiger partial charge in [0.2, 0.25) is 11.8 Å². The fraction of sp³-hybridized carbons (Fsp3) is 0.440. The Morgan fingerprint density at radius 3 is 2.42 bits per heavy atom. The first kappa shape index (κ1) is 23.2. The number of aromatic amines is 1. The van der Waals surface area contributed by atoms with E-state index in [1.165, 1.54) is 17.8 Å². The van der Waals surface area contributed by atoms with Gasteiger partial charge in [-0.3, -0.25) is 14.7 Å². The fourth-order valence-corrected chi connectivity index (χ4v) is 5.42. The Kier molecular flexibility index (Phi) is 7.23. The zero-order valence-electron chi connectivity index (χ0n) is 19.4. The van der Waals surface area contributed by atoms with Crippen molar-refractivity contribution in [1.29, 1.82) is 0 Å². The lowest BCUT2D eigenvalue weighted by atomic mass is 9.83. The van der Waals surface area contributed by atoms with Crippen LogP contribution in [0.25, 0.3) is 11.1 Å². The van der Waals surface area contributed by atoms with Gasteiger partial charge in [0, 0.05) is 21.8 Å². The van der Waals surface area contributed by atoms with Crippen LogP contribution < -0.4 is 10.6 Å². The third-order valence-electron chi connectivity index (χ3n) is 6.46. The number of thiazole rings is 1. The standard InChI is InChI=1S/C25H31N5O2S/c1-15-21(33-14-26-15)13-22(31)28-24(19-7-5-4-6-8-19)25(32)27-20-11-9-18(10-12-20)23-16(2)29-30-17(23)3/h9-12,14,19,24H,4-8,13H2,1-3H3,(H,27,32)(H,28,31)(H,29,30)/t24-/m0/s1. The molecule has 8 heteroatoms. The van der Waals surface area contributed by atoms with Crippen LogP contribution >= 0.6 is 11.3 Å². The van der Waals surface area contributed by atoms with Gasteiger partial charge in [0.25, 0.3) is 0 Å². The molecule has 1 atom stereocenters. The first-order valence-corrected chi connectivity index (χ1v) is 12.4. The van der Waals surface area contributed by atoms with Crippen molar-refractivity contribution in [3.8, 4) is 11.1 Å². The first-order valence-electron chi connectivity index (χ1n) is 11.5. The van der Waals surface area contributed by atoms with Crippen LogP contribution in [0.3, 0.4) is 0 Å². The van der Waals surface area contributed by atoms with Gasteiger partial charge >= 0.3 is 0 Å². The average molecular weight is 466 g/mol. The minimum absolute atomic E-state index is 0.130. The van der Waals surface area contributed by atoms with Crippen molar-refractivity contribution in [3.05, 3.63) is 51.7 Å². The van der Waals surface area contributed by atoms with Gasteiger partial charge in [0.15, 0.2) is 0 Å². The molecule has 1 aromatic carbocycles. The zero-order valence-corrected chi connectivity index (χ0v) is 20.2. The largest absolute Gasteiger partial charge is 0.344 e. The average Bonchev–Trinajstić information content (AvgIpc) is 3.37. The summed E-state index contributed by atoms with van der Waals surface area (Å²) in [5, 5.41) is 13.3. The molecule has 0 spiro atoms. The van der Waals surface area contributed by atoms with Crippen LogP contribution in [0.2, 0.25) is 0 Å². The van der Waals surface area contributed by atoms with Crippen LogP contribution in [0, 0.1) is 26.7 Å². The van der Waals surface area contributed by atoms with E-state index in [1.807, 2.05) is 45.0 Å². The molecule has 174 valence electrons. The smallest absolute Gasteiger partial charge is 0.247 e. The van der Waals surface area contributed by atoms with Crippen LogP contribution in [0.1, 0.15) is 54.1 Å². The molecule has 3 N–H and O–H groups in total. The predicted octanol–water partition coefficient (Wildman–Crippen LogP) is 4.70. The van der Waals surface area contributed by atoms with Crippen molar-refractivity contribution in [3.63, 3.8) is 0 Å². The third kappa shape index (κ3) is 5.50. The molecule has 2 heterocycles. The molecular weight excluding hydrogens is 434 g/mol. The van der Waals surface area contributed by atoms with Crippen LogP contribution in [0.4, 0.5) is 5.69 Å². The van der Waals surface area contributed by atoms with E-state index >= 15 is 0 Å². The number of carbonyl (C=O) groups excluding carboxylic acids is 2. The van der Waals surface area contributed by atoms with Crippen molar-refractivity contribution in [2.75, 3.05) is 5.32 Å².